The molecule has 0 amide bonds. The summed E-state index contributed by atoms with van der Waals surface area (Å²) >= 11 is 0. The topological polar surface area (TPSA) is 75.1 Å². The summed E-state index contributed by atoms with van der Waals surface area (Å²) in [5, 5.41) is 11.4. The van der Waals surface area contributed by atoms with Gasteiger partial charge in [0.25, 0.3) is 0 Å². The normalized spacial score (nSPS) is 11.1. The summed E-state index contributed by atoms with van der Waals surface area (Å²) in [6, 6.07) is 0. The molecule has 0 bridgehead atoms. The molecule has 0 radical (unpaired) electrons. The SMILES string of the molecule is CC(C)(CC(=O)O)Nc1ncc(F)cn1. The van der Waals surface area contributed by atoms with Gasteiger partial charge in [-0.2, -0.15) is 0 Å². The molecule has 1 aromatic heterocycles. The fourth-order valence-electron chi connectivity index (χ4n) is 1.10. The molecule has 0 aliphatic carbocycles. The van der Waals surface area contributed by atoms with E-state index in [-0.39, 0.29) is 12.4 Å². The number of carboxylic acid groups (broad SMARTS) is 1. The highest BCUT2D eigenvalue weighted by Gasteiger charge is 2.22. The molecule has 0 saturated heterocycles. The van der Waals surface area contributed by atoms with Crippen molar-refractivity contribution >= 4 is 11.9 Å². The van der Waals surface area contributed by atoms with Gasteiger partial charge in [-0.3, -0.25) is 4.79 Å². The maximum absolute atomic E-state index is 12.5. The standard InChI is InChI=1S/C9H12FN3O2/c1-9(2,3-7(14)15)13-8-11-4-6(10)5-12-8/h4-5H,3H2,1-2H3,(H,14,15)(H,11,12,13). The van der Waals surface area contributed by atoms with Crippen molar-refractivity contribution in [2.75, 3.05) is 5.32 Å². The fourth-order valence-corrected chi connectivity index (χ4v) is 1.10. The van der Waals surface area contributed by atoms with Crippen molar-refractivity contribution in [3.05, 3.63) is 18.2 Å². The van der Waals surface area contributed by atoms with E-state index in [1.165, 1.54) is 0 Å². The number of rotatable bonds is 4. The number of anilines is 1. The maximum atomic E-state index is 12.5. The molecule has 15 heavy (non-hydrogen) atoms. The van der Waals surface area contributed by atoms with Crippen molar-refractivity contribution in [3.8, 4) is 0 Å². The van der Waals surface area contributed by atoms with Gasteiger partial charge in [-0.25, -0.2) is 14.4 Å². The second-order valence-corrected chi connectivity index (χ2v) is 3.80. The van der Waals surface area contributed by atoms with E-state index in [9.17, 15) is 9.18 Å². The van der Waals surface area contributed by atoms with Crippen LogP contribution >= 0.6 is 0 Å². The van der Waals surface area contributed by atoms with Gasteiger partial charge in [-0.1, -0.05) is 0 Å². The Bertz CT molecular complexity index is 351. The predicted molar refractivity (Wildman–Crippen MR) is 51.9 cm³/mol. The summed E-state index contributed by atoms with van der Waals surface area (Å²) in [4.78, 5) is 17.9. The van der Waals surface area contributed by atoms with E-state index in [4.69, 9.17) is 5.11 Å². The molecule has 0 atom stereocenters. The molecule has 5 nitrogen and oxygen atoms in total. The Morgan fingerprint density at radius 3 is 2.53 bits per heavy atom. The summed E-state index contributed by atoms with van der Waals surface area (Å²) < 4.78 is 12.5. The number of nitrogens with one attached hydrogen (secondary N) is 1. The molecular weight excluding hydrogens is 201 g/mol. The minimum atomic E-state index is -0.922. The van der Waals surface area contributed by atoms with Crippen molar-refractivity contribution in [2.45, 2.75) is 25.8 Å². The van der Waals surface area contributed by atoms with Crippen molar-refractivity contribution in [1.29, 1.82) is 0 Å². The van der Waals surface area contributed by atoms with Gasteiger partial charge in [-0.15, -0.1) is 0 Å². The van der Waals surface area contributed by atoms with Gasteiger partial charge in [0.15, 0.2) is 5.82 Å². The van der Waals surface area contributed by atoms with Gasteiger partial charge in [0.1, 0.15) is 0 Å². The van der Waals surface area contributed by atoms with E-state index < -0.39 is 17.3 Å². The molecule has 1 aromatic rings. The first kappa shape index (κ1) is 11.4. The van der Waals surface area contributed by atoms with E-state index in [1.807, 2.05) is 0 Å². The summed E-state index contributed by atoms with van der Waals surface area (Å²) in [5.74, 6) is -1.24. The van der Waals surface area contributed by atoms with Gasteiger partial charge < -0.3 is 10.4 Å². The average molecular weight is 213 g/mol. The Hall–Kier alpha value is -1.72. The van der Waals surface area contributed by atoms with Gasteiger partial charge in [0, 0.05) is 5.54 Å². The van der Waals surface area contributed by atoms with Gasteiger partial charge >= 0.3 is 5.97 Å². The highest BCUT2D eigenvalue weighted by Crippen LogP contribution is 2.14. The Morgan fingerprint density at radius 1 is 1.53 bits per heavy atom. The molecule has 82 valence electrons. The summed E-state index contributed by atoms with van der Waals surface area (Å²) in [6.07, 6.45) is 1.96. The molecule has 0 unspecified atom stereocenters. The fraction of sp³-hybridized carbons (Fsp3) is 0.444. The number of hydrogen-bond acceptors (Lipinski definition) is 4. The first-order valence-corrected chi connectivity index (χ1v) is 4.36. The number of nitrogens with zero attached hydrogens (tertiary/aromatic N) is 2. The monoisotopic (exact) mass is 213 g/mol. The first-order valence-electron chi connectivity index (χ1n) is 4.36. The van der Waals surface area contributed by atoms with Crippen LogP contribution in [0.2, 0.25) is 0 Å². The molecule has 1 heterocycles. The molecule has 0 aliphatic rings. The van der Waals surface area contributed by atoms with Crippen LogP contribution in [-0.2, 0) is 4.79 Å². The second-order valence-electron chi connectivity index (χ2n) is 3.80. The smallest absolute Gasteiger partial charge is 0.305 e. The molecule has 6 heteroatoms. The number of aliphatic carboxylic acids is 1. The van der Waals surface area contributed by atoms with E-state index in [0.717, 1.165) is 12.4 Å². The van der Waals surface area contributed by atoms with E-state index in [0.29, 0.717) is 0 Å². The number of hydrogen-bond donors (Lipinski definition) is 2. The van der Waals surface area contributed by atoms with Crippen LogP contribution in [0.15, 0.2) is 12.4 Å². The number of carbonyl (C=O) groups is 1. The lowest BCUT2D eigenvalue weighted by molar-refractivity contribution is -0.137. The summed E-state index contributed by atoms with van der Waals surface area (Å²) in [6.45, 7) is 3.40. The average Bonchev–Trinajstić information content (AvgIpc) is 2.06. The third-order valence-corrected chi connectivity index (χ3v) is 1.66. The Kier molecular flexibility index (Phi) is 3.18. The summed E-state index contributed by atoms with van der Waals surface area (Å²) in [5.41, 5.74) is -0.677. The highest BCUT2D eigenvalue weighted by molar-refractivity contribution is 5.68. The third kappa shape index (κ3) is 3.88. The Labute approximate surface area is 86.4 Å². The lowest BCUT2D eigenvalue weighted by Gasteiger charge is -2.23. The minimum Gasteiger partial charge on any atom is -0.481 e. The zero-order valence-corrected chi connectivity index (χ0v) is 8.49. The van der Waals surface area contributed by atoms with Crippen molar-refractivity contribution in [1.82, 2.24) is 9.97 Å². The van der Waals surface area contributed by atoms with Crippen molar-refractivity contribution in [2.24, 2.45) is 0 Å². The zero-order chi connectivity index (χ0) is 11.5. The van der Waals surface area contributed by atoms with Crippen LogP contribution in [0.5, 0.6) is 0 Å². The Balaban J connectivity index is 2.68. The molecule has 0 fully saturated rings. The predicted octanol–water partition coefficient (Wildman–Crippen LogP) is 1.28. The van der Waals surface area contributed by atoms with Crippen LogP contribution in [0, 0.1) is 5.82 Å². The van der Waals surface area contributed by atoms with Crippen LogP contribution in [-0.4, -0.2) is 26.6 Å². The lowest BCUT2D eigenvalue weighted by atomic mass is 10.0. The van der Waals surface area contributed by atoms with Gasteiger partial charge in [-0.05, 0) is 13.8 Å². The Morgan fingerprint density at radius 2 is 2.07 bits per heavy atom. The van der Waals surface area contributed by atoms with Crippen molar-refractivity contribution in [3.63, 3.8) is 0 Å². The largest absolute Gasteiger partial charge is 0.481 e. The minimum absolute atomic E-state index is 0.0757. The van der Waals surface area contributed by atoms with Gasteiger partial charge in [0.2, 0.25) is 5.95 Å². The molecule has 0 aromatic carbocycles. The summed E-state index contributed by atoms with van der Waals surface area (Å²) in [7, 11) is 0. The zero-order valence-electron chi connectivity index (χ0n) is 8.49. The quantitative estimate of drug-likeness (QED) is 0.788. The number of aromatic nitrogens is 2. The molecule has 0 aliphatic heterocycles. The molecule has 2 N–H and O–H groups in total. The van der Waals surface area contributed by atoms with Crippen LogP contribution in [0.4, 0.5) is 10.3 Å². The lowest BCUT2D eigenvalue weighted by Crippen LogP contribution is -2.34. The molecule has 1 rings (SSSR count). The molecule has 0 spiro atoms. The van der Waals surface area contributed by atoms with Crippen LogP contribution in [0.1, 0.15) is 20.3 Å². The second kappa shape index (κ2) is 4.20. The number of carboxylic acids is 1. The van der Waals surface area contributed by atoms with Gasteiger partial charge in [0.05, 0.1) is 18.8 Å². The molecular formula is C9H12FN3O2. The number of halogens is 1. The third-order valence-electron chi connectivity index (χ3n) is 1.66. The van der Waals surface area contributed by atoms with Crippen LogP contribution in [0.3, 0.4) is 0 Å². The van der Waals surface area contributed by atoms with E-state index >= 15 is 0 Å². The van der Waals surface area contributed by atoms with Crippen molar-refractivity contribution < 1.29 is 14.3 Å². The van der Waals surface area contributed by atoms with E-state index in [2.05, 4.69) is 15.3 Å². The highest BCUT2D eigenvalue weighted by atomic mass is 19.1. The van der Waals surface area contributed by atoms with Crippen LogP contribution < -0.4 is 5.32 Å². The van der Waals surface area contributed by atoms with E-state index in [1.54, 1.807) is 13.8 Å². The molecule has 0 saturated carbocycles. The van der Waals surface area contributed by atoms with Crippen LogP contribution in [0.25, 0.3) is 0 Å². The first-order chi connectivity index (χ1) is 6.89. The maximum Gasteiger partial charge on any atom is 0.305 e.